The molecule has 2 rings (SSSR count). The molecule has 0 aliphatic carbocycles. The third-order valence-corrected chi connectivity index (χ3v) is 3.26. The van der Waals surface area contributed by atoms with Gasteiger partial charge < -0.3 is 4.42 Å². The maximum absolute atomic E-state index is 5.55. The van der Waals surface area contributed by atoms with Gasteiger partial charge in [0.15, 0.2) is 0 Å². The Balaban J connectivity index is 2.00. The van der Waals surface area contributed by atoms with Gasteiger partial charge in [0.1, 0.15) is 5.76 Å². The predicted octanol–water partition coefficient (Wildman–Crippen LogP) is 2.57. The Morgan fingerprint density at radius 2 is 2.35 bits per heavy atom. The minimum absolute atomic E-state index is 0.000388. The molecule has 3 N–H and O–H groups in total. The standard InChI is InChI=1S/C12H14BrN3O/c13-10-5-7-17-12(10)11(16-14)4-3-9-2-1-6-15-8-9/h1-2,5-8,11,16H,3-4,14H2. The van der Waals surface area contributed by atoms with Gasteiger partial charge in [0.05, 0.1) is 16.8 Å². The number of hydrazine groups is 1. The predicted molar refractivity (Wildman–Crippen MR) is 69.0 cm³/mol. The Morgan fingerprint density at radius 1 is 1.47 bits per heavy atom. The highest BCUT2D eigenvalue weighted by Crippen LogP contribution is 2.27. The van der Waals surface area contributed by atoms with Crippen molar-refractivity contribution in [2.24, 2.45) is 5.84 Å². The summed E-state index contributed by atoms with van der Waals surface area (Å²) in [5.74, 6) is 6.38. The van der Waals surface area contributed by atoms with E-state index in [9.17, 15) is 0 Å². The van der Waals surface area contributed by atoms with Crippen LogP contribution in [0.15, 0.2) is 45.7 Å². The molecule has 0 saturated heterocycles. The number of hydrogen-bond donors (Lipinski definition) is 2. The van der Waals surface area contributed by atoms with Gasteiger partial charge in [-0.15, -0.1) is 0 Å². The molecule has 0 spiro atoms. The molecule has 90 valence electrons. The molecule has 0 aromatic carbocycles. The zero-order chi connectivity index (χ0) is 12.1. The van der Waals surface area contributed by atoms with Gasteiger partial charge in [-0.3, -0.25) is 10.8 Å². The van der Waals surface area contributed by atoms with Crippen molar-refractivity contribution < 1.29 is 4.42 Å². The van der Waals surface area contributed by atoms with Crippen molar-refractivity contribution in [2.45, 2.75) is 18.9 Å². The van der Waals surface area contributed by atoms with Crippen molar-refractivity contribution in [1.29, 1.82) is 0 Å². The van der Waals surface area contributed by atoms with Gasteiger partial charge in [-0.2, -0.15) is 0 Å². The molecule has 17 heavy (non-hydrogen) atoms. The fraction of sp³-hybridized carbons (Fsp3) is 0.250. The summed E-state index contributed by atoms with van der Waals surface area (Å²) in [6.07, 6.45) is 7.04. The molecule has 0 aliphatic heterocycles. The lowest BCUT2D eigenvalue weighted by atomic mass is 10.1. The lowest BCUT2D eigenvalue weighted by molar-refractivity contribution is 0.399. The van der Waals surface area contributed by atoms with E-state index in [1.54, 1.807) is 12.5 Å². The average Bonchev–Trinajstić information content (AvgIpc) is 2.78. The topological polar surface area (TPSA) is 64.1 Å². The lowest BCUT2D eigenvalue weighted by Crippen LogP contribution is -2.28. The monoisotopic (exact) mass is 295 g/mol. The van der Waals surface area contributed by atoms with Gasteiger partial charge in [0, 0.05) is 12.4 Å². The molecule has 2 aromatic rings. The first-order chi connectivity index (χ1) is 8.31. The molecule has 2 heterocycles. The molecule has 0 amide bonds. The molecular weight excluding hydrogens is 282 g/mol. The number of hydrogen-bond acceptors (Lipinski definition) is 4. The van der Waals surface area contributed by atoms with Crippen LogP contribution >= 0.6 is 15.9 Å². The van der Waals surface area contributed by atoms with Gasteiger partial charge in [-0.05, 0) is 46.5 Å². The highest BCUT2D eigenvalue weighted by Gasteiger charge is 2.16. The molecule has 0 bridgehead atoms. The van der Waals surface area contributed by atoms with Gasteiger partial charge in [0.25, 0.3) is 0 Å². The lowest BCUT2D eigenvalue weighted by Gasteiger charge is -2.13. The molecule has 0 fully saturated rings. The molecule has 1 unspecified atom stereocenters. The van der Waals surface area contributed by atoms with Crippen LogP contribution in [-0.2, 0) is 6.42 Å². The number of nitrogens with one attached hydrogen (secondary N) is 1. The number of pyridine rings is 1. The van der Waals surface area contributed by atoms with E-state index >= 15 is 0 Å². The molecule has 4 nitrogen and oxygen atoms in total. The first kappa shape index (κ1) is 12.3. The molecule has 0 aliphatic rings. The van der Waals surface area contributed by atoms with Crippen LogP contribution in [0.4, 0.5) is 0 Å². The van der Waals surface area contributed by atoms with E-state index in [0.717, 1.165) is 23.1 Å². The number of rotatable bonds is 5. The van der Waals surface area contributed by atoms with Gasteiger partial charge in [0.2, 0.25) is 0 Å². The van der Waals surface area contributed by atoms with Crippen molar-refractivity contribution in [3.05, 3.63) is 52.7 Å². The quantitative estimate of drug-likeness (QED) is 0.657. The van der Waals surface area contributed by atoms with Crippen LogP contribution in [0.2, 0.25) is 0 Å². The van der Waals surface area contributed by atoms with Crippen molar-refractivity contribution in [1.82, 2.24) is 10.4 Å². The van der Waals surface area contributed by atoms with E-state index in [1.165, 1.54) is 5.56 Å². The first-order valence-electron chi connectivity index (χ1n) is 5.39. The van der Waals surface area contributed by atoms with E-state index < -0.39 is 0 Å². The Hall–Kier alpha value is -1.17. The van der Waals surface area contributed by atoms with Crippen LogP contribution in [0.1, 0.15) is 23.8 Å². The minimum Gasteiger partial charge on any atom is -0.466 e. The van der Waals surface area contributed by atoms with Crippen molar-refractivity contribution in [2.75, 3.05) is 0 Å². The molecule has 0 saturated carbocycles. The minimum atomic E-state index is -0.000388. The second kappa shape index (κ2) is 5.95. The summed E-state index contributed by atoms with van der Waals surface area (Å²) >= 11 is 3.43. The van der Waals surface area contributed by atoms with Crippen LogP contribution in [-0.4, -0.2) is 4.98 Å². The average molecular weight is 296 g/mol. The Labute approximate surface area is 108 Å². The second-order valence-electron chi connectivity index (χ2n) is 3.75. The Bertz CT molecular complexity index is 458. The first-order valence-corrected chi connectivity index (χ1v) is 6.18. The fourth-order valence-corrected chi connectivity index (χ4v) is 2.18. The van der Waals surface area contributed by atoms with Crippen molar-refractivity contribution in [3.8, 4) is 0 Å². The highest BCUT2D eigenvalue weighted by molar-refractivity contribution is 9.10. The van der Waals surface area contributed by atoms with Crippen molar-refractivity contribution in [3.63, 3.8) is 0 Å². The highest BCUT2D eigenvalue weighted by atomic mass is 79.9. The Kier molecular flexibility index (Phi) is 4.30. The van der Waals surface area contributed by atoms with Crippen LogP contribution in [0.25, 0.3) is 0 Å². The number of aromatic nitrogens is 1. The molecule has 5 heteroatoms. The van der Waals surface area contributed by atoms with Crippen LogP contribution in [0.3, 0.4) is 0 Å². The third kappa shape index (κ3) is 3.15. The summed E-state index contributed by atoms with van der Waals surface area (Å²) in [6.45, 7) is 0. The largest absolute Gasteiger partial charge is 0.466 e. The molecular formula is C12H14BrN3O. The van der Waals surface area contributed by atoms with E-state index in [-0.39, 0.29) is 6.04 Å². The molecule has 2 aromatic heterocycles. The van der Waals surface area contributed by atoms with E-state index in [1.807, 2.05) is 18.3 Å². The summed E-state index contributed by atoms with van der Waals surface area (Å²) in [5.41, 5.74) is 3.96. The number of halogens is 1. The number of aryl methyl sites for hydroxylation is 1. The maximum atomic E-state index is 5.55. The zero-order valence-corrected chi connectivity index (χ0v) is 10.9. The third-order valence-electron chi connectivity index (χ3n) is 2.61. The van der Waals surface area contributed by atoms with Gasteiger partial charge in [-0.1, -0.05) is 6.07 Å². The normalized spacial score (nSPS) is 12.6. The van der Waals surface area contributed by atoms with Gasteiger partial charge >= 0.3 is 0 Å². The summed E-state index contributed by atoms with van der Waals surface area (Å²) in [4.78, 5) is 4.08. The van der Waals surface area contributed by atoms with E-state index in [2.05, 4.69) is 32.4 Å². The fourth-order valence-electron chi connectivity index (χ4n) is 1.70. The summed E-state index contributed by atoms with van der Waals surface area (Å²) in [7, 11) is 0. The number of nitrogens with zero attached hydrogens (tertiary/aromatic N) is 1. The van der Waals surface area contributed by atoms with Crippen LogP contribution in [0, 0.1) is 0 Å². The second-order valence-corrected chi connectivity index (χ2v) is 4.61. The smallest absolute Gasteiger partial charge is 0.136 e. The SMILES string of the molecule is NNC(CCc1cccnc1)c1occc1Br. The van der Waals surface area contributed by atoms with Crippen LogP contribution < -0.4 is 11.3 Å². The molecule has 0 radical (unpaired) electrons. The zero-order valence-electron chi connectivity index (χ0n) is 9.27. The van der Waals surface area contributed by atoms with Crippen molar-refractivity contribution >= 4 is 15.9 Å². The summed E-state index contributed by atoms with van der Waals surface area (Å²) in [6, 6.07) is 5.85. The Morgan fingerprint density at radius 3 is 2.94 bits per heavy atom. The summed E-state index contributed by atoms with van der Waals surface area (Å²) in [5, 5.41) is 0. The van der Waals surface area contributed by atoms with Crippen LogP contribution in [0.5, 0.6) is 0 Å². The number of nitrogens with two attached hydrogens (primary N) is 1. The van der Waals surface area contributed by atoms with E-state index in [4.69, 9.17) is 10.3 Å². The molecule has 1 atom stereocenters. The maximum Gasteiger partial charge on any atom is 0.136 e. The summed E-state index contributed by atoms with van der Waals surface area (Å²) < 4.78 is 6.34. The number of furan rings is 1. The van der Waals surface area contributed by atoms with E-state index in [0.29, 0.717) is 0 Å². The van der Waals surface area contributed by atoms with Gasteiger partial charge in [-0.25, -0.2) is 5.43 Å².